The molecule has 0 bridgehead atoms. The molecule has 0 spiro atoms. The number of halogens is 2. The number of ether oxygens (including phenoxy) is 1. The molecule has 0 aliphatic heterocycles. The summed E-state index contributed by atoms with van der Waals surface area (Å²) in [5.74, 6) is 0.279. The van der Waals surface area contributed by atoms with Gasteiger partial charge in [-0.25, -0.2) is 4.98 Å². The highest BCUT2D eigenvalue weighted by Gasteiger charge is 2.17. The van der Waals surface area contributed by atoms with E-state index in [4.69, 9.17) is 16.3 Å². The van der Waals surface area contributed by atoms with Gasteiger partial charge in [-0.2, -0.15) is 0 Å². The van der Waals surface area contributed by atoms with Crippen molar-refractivity contribution in [3.63, 3.8) is 0 Å². The van der Waals surface area contributed by atoms with Gasteiger partial charge in [-0.05, 0) is 37.3 Å². The van der Waals surface area contributed by atoms with Gasteiger partial charge < -0.3 is 4.74 Å². The van der Waals surface area contributed by atoms with Crippen LogP contribution < -0.4 is 10.1 Å². The summed E-state index contributed by atoms with van der Waals surface area (Å²) in [5.41, 5.74) is 1.80. The van der Waals surface area contributed by atoms with E-state index in [1.807, 2.05) is 29.6 Å². The molecule has 0 fully saturated rings. The molecule has 0 unspecified atom stereocenters. The average molecular weight is 438 g/mol. The normalized spacial score (nSPS) is 11.8. The van der Waals surface area contributed by atoms with Crippen molar-refractivity contribution in [2.75, 3.05) is 5.32 Å². The molecule has 1 N–H and O–H groups in total. The van der Waals surface area contributed by atoms with Crippen molar-refractivity contribution in [2.24, 2.45) is 0 Å². The minimum Gasteiger partial charge on any atom is -0.481 e. The number of nitrogens with one attached hydrogen (secondary N) is 1. The van der Waals surface area contributed by atoms with E-state index in [1.54, 1.807) is 31.2 Å². The van der Waals surface area contributed by atoms with Crippen LogP contribution in [0.1, 0.15) is 6.92 Å². The number of hydrogen-bond acceptors (Lipinski definition) is 4. The highest BCUT2D eigenvalue weighted by molar-refractivity contribution is 9.10. The highest BCUT2D eigenvalue weighted by Crippen LogP contribution is 2.26. The van der Waals surface area contributed by atoms with Gasteiger partial charge in [0, 0.05) is 20.4 Å². The molecule has 1 heterocycles. The third-order valence-electron chi connectivity index (χ3n) is 3.35. The van der Waals surface area contributed by atoms with Crippen molar-refractivity contribution in [3.05, 3.63) is 63.4 Å². The van der Waals surface area contributed by atoms with Crippen LogP contribution in [-0.4, -0.2) is 17.0 Å². The first-order valence-electron chi connectivity index (χ1n) is 7.46. The number of nitrogens with zero attached hydrogens (tertiary/aromatic N) is 1. The summed E-state index contributed by atoms with van der Waals surface area (Å²) >= 11 is 10.7. The Hall–Kier alpha value is -1.89. The van der Waals surface area contributed by atoms with Crippen LogP contribution >= 0.6 is 38.9 Å². The maximum Gasteiger partial charge on any atom is 0.266 e. The first kappa shape index (κ1) is 17.9. The van der Waals surface area contributed by atoms with E-state index >= 15 is 0 Å². The van der Waals surface area contributed by atoms with E-state index in [-0.39, 0.29) is 5.91 Å². The number of rotatable bonds is 5. The third-order valence-corrected chi connectivity index (χ3v) is 4.87. The van der Waals surface area contributed by atoms with Crippen molar-refractivity contribution in [2.45, 2.75) is 13.0 Å². The summed E-state index contributed by atoms with van der Waals surface area (Å²) in [6.07, 6.45) is -0.668. The standard InChI is InChI=1S/C18H14BrClN2O2S/c1-11(24-15-4-2-3-14(20)9-15)17(23)22-18-21-16(10-25-18)12-5-7-13(19)8-6-12/h2-11H,1H3,(H,21,22,23)/t11-/m0/s1. The van der Waals surface area contributed by atoms with Gasteiger partial charge in [0.25, 0.3) is 5.91 Å². The first-order valence-corrected chi connectivity index (χ1v) is 9.51. The fourth-order valence-electron chi connectivity index (χ4n) is 2.09. The SMILES string of the molecule is C[C@H](Oc1cccc(Cl)c1)C(=O)Nc1nc(-c2ccc(Br)cc2)cs1. The Morgan fingerprint density at radius 3 is 2.76 bits per heavy atom. The smallest absolute Gasteiger partial charge is 0.266 e. The molecule has 0 saturated carbocycles. The quantitative estimate of drug-likeness (QED) is 0.562. The molecule has 128 valence electrons. The number of amides is 1. The summed E-state index contributed by atoms with van der Waals surface area (Å²) < 4.78 is 6.62. The minimum atomic E-state index is -0.668. The summed E-state index contributed by atoms with van der Waals surface area (Å²) in [5, 5.41) is 5.77. The van der Waals surface area contributed by atoms with Crippen molar-refractivity contribution >= 4 is 49.9 Å². The van der Waals surface area contributed by atoms with E-state index in [1.165, 1.54) is 11.3 Å². The average Bonchev–Trinajstić information content (AvgIpc) is 3.04. The van der Waals surface area contributed by atoms with E-state index in [0.29, 0.717) is 15.9 Å². The lowest BCUT2D eigenvalue weighted by molar-refractivity contribution is -0.122. The zero-order chi connectivity index (χ0) is 17.8. The Morgan fingerprint density at radius 2 is 2.04 bits per heavy atom. The maximum atomic E-state index is 12.3. The van der Waals surface area contributed by atoms with Gasteiger partial charge in [0.15, 0.2) is 11.2 Å². The second kappa shape index (κ2) is 7.99. The summed E-state index contributed by atoms with van der Waals surface area (Å²) in [6.45, 7) is 1.68. The molecular weight excluding hydrogens is 424 g/mol. The number of benzene rings is 2. The van der Waals surface area contributed by atoms with Crippen LogP contribution in [-0.2, 0) is 4.79 Å². The predicted molar refractivity (Wildman–Crippen MR) is 105 cm³/mol. The van der Waals surface area contributed by atoms with Crippen LogP contribution in [0.5, 0.6) is 5.75 Å². The second-order valence-electron chi connectivity index (χ2n) is 5.25. The highest BCUT2D eigenvalue weighted by atomic mass is 79.9. The number of hydrogen-bond donors (Lipinski definition) is 1. The molecule has 7 heteroatoms. The molecule has 2 aromatic carbocycles. The summed E-state index contributed by atoms with van der Waals surface area (Å²) in [6, 6.07) is 14.8. The number of carbonyl (C=O) groups is 1. The molecule has 4 nitrogen and oxygen atoms in total. The van der Waals surface area contributed by atoms with Crippen molar-refractivity contribution in [3.8, 4) is 17.0 Å². The zero-order valence-corrected chi connectivity index (χ0v) is 16.4. The number of carbonyl (C=O) groups excluding carboxylic acids is 1. The molecule has 1 aromatic heterocycles. The molecule has 0 radical (unpaired) electrons. The molecule has 3 rings (SSSR count). The largest absolute Gasteiger partial charge is 0.481 e. The minimum absolute atomic E-state index is 0.267. The van der Waals surface area contributed by atoms with E-state index < -0.39 is 6.10 Å². The van der Waals surface area contributed by atoms with Crippen molar-refractivity contribution in [1.29, 1.82) is 0 Å². The Bertz CT molecular complexity index is 883. The summed E-state index contributed by atoms with van der Waals surface area (Å²) in [7, 11) is 0. The predicted octanol–water partition coefficient (Wildman–Crippen LogP) is 5.63. The van der Waals surface area contributed by atoms with Crippen LogP contribution in [0, 0.1) is 0 Å². The van der Waals surface area contributed by atoms with Crippen LogP contribution in [0.4, 0.5) is 5.13 Å². The monoisotopic (exact) mass is 436 g/mol. The van der Waals surface area contributed by atoms with Gasteiger partial charge in [-0.3, -0.25) is 10.1 Å². The molecule has 25 heavy (non-hydrogen) atoms. The van der Waals surface area contributed by atoms with E-state index in [9.17, 15) is 4.79 Å². The van der Waals surface area contributed by atoms with Crippen molar-refractivity contribution < 1.29 is 9.53 Å². The maximum absolute atomic E-state index is 12.3. The first-order chi connectivity index (χ1) is 12.0. The van der Waals surface area contributed by atoms with Gasteiger partial charge in [-0.1, -0.05) is 45.7 Å². The van der Waals surface area contributed by atoms with Crippen LogP contribution in [0.2, 0.25) is 5.02 Å². The fraction of sp³-hybridized carbons (Fsp3) is 0.111. The molecule has 3 aromatic rings. The van der Waals surface area contributed by atoms with Gasteiger partial charge in [-0.15, -0.1) is 11.3 Å². The lowest BCUT2D eigenvalue weighted by Crippen LogP contribution is -2.30. The van der Waals surface area contributed by atoms with Gasteiger partial charge >= 0.3 is 0 Å². The number of anilines is 1. The molecule has 1 amide bonds. The molecule has 0 saturated heterocycles. The van der Waals surface area contributed by atoms with Gasteiger partial charge in [0.1, 0.15) is 5.75 Å². The van der Waals surface area contributed by atoms with Crippen LogP contribution in [0.25, 0.3) is 11.3 Å². The number of thiazole rings is 1. The number of aromatic nitrogens is 1. The molecule has 0 aliphatic carbocycles. The Morgan fingerprint density at radius 1 is 1.28 bits per heavy atom. The second-order valence-corrected chi connectivity index (χ2v) is 7.46. The van der Waals surface area contributed by atoms with E-state index in [2.05, 4.69) is 26.2 Å². The topological polar surface area (TPSA) is 51.2 Å². The van der Waals surface area contributed by atoms with Gasteiger partial charge in [0.2, 0.25) is 0 Å². The lowest BCUT2D eigenvalue weighted by Gasteiger charge is -2.13. The van der Waals surface area contributed by atoms with Gasteiger partial charge in [0.05, 0.1) is 5.69 Å². The molecule has 1 atom stereocenters. The Kier molecular flexibility index (Phi) is 5.73. The third kappa shape index (κ3) is 4.81. The lowest BCUT2D eigenvalue weighted by atomic mass is 10.2. The zero-order valence-electron chi connectivity index (χ0n) is 13.2. The van der Waals surface area contributed by atoms with E-state index in [0.717, 1.165) is 15.7 Å². The molecule has 0 aliphatic rings. The fourth-order valence-corrected chi connectivity index (χ4v) is 3.26. The molecular formula is C18H14BrClN2O2S. The Labute approximate surface area is 162 Å². The van der Waals surface area contributed by atoms with Crippen molar-refractivity contribution in [1.82, 2.24) is 4.98 Å². The van der Waals surface area contributed by atoms with Crippen LogP contribution in [0.3, 0.4) is 0 Å². The Balaban J connectivity index is 1.64. The summed E-state index contributed by atoms with van der Waals surface area (Å²) in [4.78, 5) is 16.7. The van der Waals surface area contributed by atoms with Crippen LogP contribution in [0.15, 0.2) is 58.4 Å².